The zero-order valence-electron chi connectivity index (χ0n) is 14.3. The van der Waals surface area contributed by atoms with Crippen LogP contribution in [0.15, 0.2) is 12.2 Å². The van der Waals surface area contributed by atoms with Gasteiger partial charge in [-0.1, -0.05) is 84.3 Å². The number of carbonyl (C=O) groups is 1. The van der Waals surface area contributed by atoms with E-state index in [1.54, 1.807) is 6.92 Å². The Hall–Kier alpha value is -0.590. The average Bonchev–Trinajstić information content (AvgIpc) is 2.42. The molecule has 0 saturated heterocycles. The summed E-state index contributed by atoms with van der Waals surface area (Å²) in [4.78, 5) is 11.7. The molecule has 0 aliphatic heterocycles. The summed E-state index contributed by atoms with van der Waals surface area (Å²) in [7, 11) is 0. The maximum atomic E-state index is 11.7. The third-order valence-corrected chi connectivity index (χ3v) is 4.08. The fraction of sp³-hybridized carbons (Fsp3) is 0.842. The second-order valence-electron chi connectivity index (χ2n) is 6.28. The number of hydrogen-bond donors (Lipinski definition) is 0. The van der Waals surface area contributed by atoms with Crippen LogP contribution in [0.3, 0.4) is 0 Å². The summed E-state index contributed by atoms with van der Waals surface area (Å²) in [6, 6.07) is 0. The van der Waals surface area contributed by atoms with Crippen LogP contribution in [-0.2, 0) is 4.79 Å². The van der Waals surface area contributed by atoms with E-state index in [2.05, 4.69) is 32.9 Å². The number of hydrogen-bond acceptors (Lipinski definition) is 1. The van der Waals surface area contributed by atoms with Crippen LogP contribution in [-0.4, -0.2) is 5.78 Å². The van der Waals surface area contributed by atoms with Gasteiger partial charge in [0.1, 0.15) is 5.78 Å². The highest BCUT2D eigenvalue weighted by atomic mass is 16.1. The van der Waals surface area contributed by atoms with Gasteiger partial charge in [-0.3, -0.25) is 4.79 Å². The normalized spacial score (nSPS) is 14.6. The van der Waals surface area contributed by atoms with Crippen LogP contribution in [0, 0.1) is 11.8 Å². The molecule has 0 N–H and O–H groups in total. The van der Waals surface area contributed by atoms with Crippen LogP contribution in [0.4, 0.5) is 0 Å². The van der Waals surface area contributed by atoms with E-state index < -0.39 is 0 Å². The summed E-state index contributed by atoms with van der Waals surface area (Å²) in [6.07, 6.45) is 17.1. The maximum absolute atomic E-state index is 11.7. The molecule has 0 heterocycles. The number of allylic oxidation sites excluding steroid dienone is 2. The van der Waals surface area contributed by atoms with Crippen molar-refractivity contribution in [3.05, 3.63) is 12.2 Å². The molecule has 0 amide bonds. The van der Waals surface area contributed by atoms with E-state index in [1.807, 2.05) is 0 Å². The van der Waals surface area contributed by atoms with E-state index in [0.29, 0.717) is 11.7 Å². The van der Waals surface area contributed by atoms with E-state index in [1.165, 1.54) is 57.8 Å². The molecule has 0 fully saturated rings. The van der Waals surface area contributed by atoms with Crippen molar-refractivity contribution in [2.24, 2.45) is 11.8 Å². The Balaban J connectivity index is 3.96. The lowest BCUT2D eigenvalue weighted by molar-refractivity contribution is -0.119. The van der Waals surface area contributed by atoms with Gasteiger partial charge in [0.25, 0.3) is 0 Å². The lowest BCUT2D eigenvalue weighted by Crippen LogP contribution is -2.08. The SMILES string of the molecule is CCCCCCC(C)C=CC(CCCCCC)C(C)=O. The topological polar surface area (TPSA) is 17.1 Å². The number of Topliss-reactive ketones (excluding diaryl/α,β-unsaturated/α-hetero) is 1. The Morgan fingerprint density at radius 3 is 1.90 bits per heavy atom. The largest absolute Gasteiger partial charge is 0.299 e. The highest BCUT2D eigenvalue weighted by Crippen LogP contribution is 2.17. The second kappa shape index (κ2) is 13.4. The molecule has 0 bridgehead atoms. The molecular formula is C19H36O. The van der Waals surface area contributed by atoms with Crippen molar-refractivity contribution >= 4 is 5.78 Å². The summed E-state index contributed by atoms with van der Waals surface area (Å²) in [5.41, 5.74) is 0. The smallest absolute Gasteiger partial charge is 0.136 e. The molecule has 0 saturated carbocycles. The van der Waals surface area contributed by atoms with Crippen LogP contribution in [0.5, 0.6) is 0 Å². The van der Waals surface area contributed by atoms with Gasteiger partial charge in [-0.05, 0) is 25.7 Å². The lowest BCUT2D eigenvalue weighted by Gasteiger charge is -2.11. The van der Waals surface area contributed by atoms with Gasteiger partial charge in [-0.2, -0.15) is 0 Å². The van der Waals surface area contributed by atoms with Crippen molar-refractivity contribution in [3.63, 3.8) is 0 Å². The van der Waals surface area contributed by atoms with Gasteiger partial charge in [0.05, 0.1) is 0 Å². The number of rotatable bonds is 13. The molecule has 0 spiro atoms. The minimum absolute atomic E-state index is 0.157. The molecule has 2 unspecified atom stereocenters. The van der Waals surface area contributed by atoms with E-state index >= 15 is 0 Å². The Morgan fingerprint density at radius 2 is 1.40 bits per heavy atom. The van der Waals surface area contributed by atoms with Crippen LogP contribution < -0.4 is 0 Å². The number of unbranched alkanes of at least 4 members (excludes halogenated alkanes) is 6. The third-order valence-electron chi connectivity index (χ3n) is 4.08. The summed E-state index contributed by atoms with van der Waals surface area (Å²) < 4.78 is 0. The monoisotopic (exact) mass is 280 g/mol. The molecule has 118 valence electrons. The van der Waals surface area contributed by atoms with Crippen molar-refractivity contribution < 1.29 is 4.79 Å². The standard InChI is InChI=1S/C19H36O/c1-5-7-9-11-13-17(3)15-16-19(18(4)20)14-12-10-8-6-2/h15-17,19H,5-14H2,1-4H3. The lowest BCUT2D eigenvalue weighted by atomic mass is 9.94. The first-order valence-corrected chi connectivity index (χ1v) is 8.80. The minimum atomic E-state index is 0.157. The van der Waals surface area contributed by atoms with Crippen molar-refractivity contribution in [2.75, 3.05) is 0 Å². The molecule has 0 radical (unpaired) electrons. The van der Waals surface area contributed by atoms with Gasteiger partial charge < -0.3 is 0 Å². The van der Waals surface area contributed by atoms with E-state index in [0.717, 1.165) is 6.42 Å². The summed E-state index contributed by atoms with van der Waals surface area (Å²) >= 11 is 0. The molecule has 1 heteroatoms. The Bertz CT molecular complexity index is 254. The summed E-state index contributed by atoms with van der Waals surface area (Å²) in [5, 5.41) is 0. The molecule has 1 nitrogen and oxygen atoms in total. The fourth-order valence-corrected chi connectivity index (χ4v) is 2.54. The van der Waals surface area contributed by atoms with E-state index in [-0.39, 0.29) is 5.92 Å². The van der Waals surface area contributed by atoms with Gasteiger partial charge in [0, 0.05) is 5.92 Å². The highest BCUT2D eigenvalue weighted by Gasteiger charge is 2.10. The first-order chi connectivity index (χ1) is 9.61. The van der Waals surface area contributed by atoms with Gasteiger partial charge in [0.2, 0.25) is 0 Å². The predicted octanol–water partition coefficient (Wildman–Crippen LogP) is 6.32. The van der Waals surface area contributed by atoms with Crippen molar-refractivity contribution in [1.82, 2.24) is 0 Å². The molecule has 0 aromatic carbocycles. The van der Waals surface area contributed by atoms with Crippen molar-refractivity contribution in [2.45, 2.75) is 91.9 Å². The van der Waals surface area contributed by atoms with Crippen LogP contribution in [0.1, 0.15) is 91.9 Å². The predicted molar refractivity (Wildman–Crippen MR) is 90.0 cm³/mol. The van der Waals surface area contributed by atoms with Crippen molar-refractivity contribution in [3.8, 4) is 0 Å². The van der Waals surface area contributed by atoms with E-state index in [9.17, 15) is 4.79 Å². The molecular weight excluding hydrogens is 244 g/mol. The van der Waals surface area contributed by atoms with Crippen LogP contribution >= 0.6 is 0 Å². The molecule has 0 aromatic heterocycles. The third kappa shape index (κ3) is 11.3. The number of carbonyl (C=O) groups excluding carboxylic acids is 1. The average molecular weight is 280 g/mol. The molecule has 0 aromatic rings. The maximum Gasteiger partial charge on any atom is 0.136 e. The molecule has 20 heavy (non-hydrogen) atoms. The minimum Gasteiger partial charge on any atom is -0.299 e. The Morgan fingerprint density at radius 1 is 0.850 bits per heavy atom. The fourth-order valence-electron chi connectivity index (χ4n) is 2.54. The molecule has 0 aliphatic rings. The van der Waals surface area contributed by atoms with Gasteiger partial charge in [0.15, 0.2) is 0 Å². The second-order valence-corrected chi connectivity index (χ2v) is 6.28. The number of ketones is 1. The zero-order chi connectivity index (χ0) is 15.2. The zero-order valence-corrected chi connectivity index (χ0v) is 14.3. The molecule has 2 atom stereocenters. The van der Waals surface area contributed by atoms with E-state index in [4.69, 9.17) is 0 Å². The quantitative estimate of drug-likeness (QED) is 0.285. The van der Waals surface area contributed by atoms with Crippen LogP contribution in [0.2, 0.25) is 0 Å². The summed E-state index contributed by atoms with van der Waals surface area (Å²) in [6.45, 7) is 8.49. The molecule has 0 rings (SSSR count). The first kappa shape index (κ1) is 19.4. The Kier molecular flexibility index (Phi) is 13.0. The first-order valence-electron chi connectivity index (χ1n) is 8.80. The van der Waals surface area contributed by atoms with Crippen LogP contribution in [0.25, 0.3) is 0 Å². The van der Waals surface area contributed by atoms with Gasteiger partial charge >= 0.3 is 0 Å². The molecule has 0 aliphatic carbocycles. The Labute approximate surface area is 127 Å². The summed E-state index contributed by atoms with van der Waals surface area (Å²) in [5.74, 6) is 1.10. The van der Waals surface area contributed by atoms with Gasteiger partial charge in [-0.15, -0.1) is 0 Å². The van der Waals surface area contributed by atoms with Gasteiger partial charge in [-0.25, -0.2) is 0 Å². The highest BCUT2D eigenvalue weighted by molar-refractivity contribution is 5.79. The van der Waals surface area contributed by atoms with Crippen molar-refractivity contribution in [1.29, 1.82) is 0 Å².